The summed E-state index contributed by atoms with van der Waals surface area (Å²) in [6, 6.07) is 3.55. The summed E-state index contributed by atoms with van der Waals surface area (Å²) in [6.07, 6.45) is 7.35. The van der Waals surface area contributed by atoms with E-state index in [1.807, 2.05) is 24.3 Å². The smallest absolute Gasteiger partial charge is 0.195 e. The second-order valence-electron chi connectivity index (χ2n) is 3.09. The average Bonchev–Trinajstić information content (AvgIpc) is 2.46. The lowest BCUT2D eigenvalue weighted by Gasteiger charge is -2.00. The Hall–Kier alpha value is -2.10. The molecular formula is C10H7N3O. The van der Waals surface area contributed by atoms with Crippen molar-refractivity contribution in [1.82, 2.24) is 14.7 Å². The molecule has 1 N–H and O–H groups in total. The van der Waals surface area contributed by atoms with E-state index in [1.165, 1.54) is 6.20 Å². The van der Waals surface area contributed by atoms with Crippen molar-refractivity contribution < 1.29 is 5.21 Å². The molecule has 0 amide bonds. The topological polar surface area (TPSA) is 50.9 Å². The predicted octanol–water partition coefficient (Wildman–Crippen LogP) is 1.57. The highest BCUT2D eigenvalue weighted by atomic mass is 16.5. The Bertz CT molecular complexity index is 524. The molecule has 4 heteroatoms. The number of pyridine rings is 1. The standard InChI is InChI=1S/C10H7N3O/c14-13-6-2-5-8-10(13)12-9(11-8)7-3-1-4-7/h1-6,14H. The van der Waals surface area contributed by atoms with Gasteiger partial charge < -0.3 is 5.21 Å². The van der Waals surface area contributed by atoms with Gasteiger partial charge in [0.2, 0.25) is 0 Å². The second kappa shape index (κ2) is 2.45. The lowest BCUT2D eigenvalue weighted by atomic mass is 10.1. The zero-order chi connectivity index (χ0) is 9.54. The van der Waals surface area contributed by atoms with Gasteiger partial charge in [0.25, 0.3) is 0 Å². The zero-order valence-corrected chi connectivity index (χ0v) is 7.25. The molecular weight excluding hydrogens is 178 g/mol. The monoisotopic (exact) mass is 185 g/mol. The Labute approximate surface area is 80.1 Å². The van der Waals surface area contributed by atoms with Gasteiger partial charge in [-0.05, 0) is 12.1 Å². The van der Waals surface area contributed by atoms with E-state index in [9.17, 15) is 5.21 Å². The minimum atomic E-state index is 0.490. The van der Waals surface area contributed by atoms with Gasteiger partial charge in [0, 0.05) is 11.8 Å². The molecule has 1 aliphatic carbocycles. The fourth-order valence-electron chi connectivity index (χ4n) is 1.38. The molecule has 14 heavy (non-hydrogen) atoms. The molecule has 0 radical (unpaired) electrons. The molecule has 0 aromatic carbocycles. The van der Waals surface area contributed by atoms with Crippen LogP contribution in [-0.4, -0.2) is 19.9 Å². The van der Waals surface area contributed by atoms with Crippen LogP contribution in [0.15, 0.2) is 36.6 Å². The van der Waals surface area contributed by atoms with Gasteiger partial charge in [0.05, 0.1) is 0 Å². The Kier molecular flexibility index (Phi) is 1.28. The summed E-state index contributed by atoms with van der Waals surface area (Å²) < 4.78 is 0.981. The number of hydrogen-bond acceptors (Lipinski definition) is 3. The predicted molar refractivity (Wildman–Crippen MR) is 50.9 cm³/mol. The Morgan fingerprint density at radius 2 is 2.14 bits per heavy atom. The van der Waals surface area contributed by atoms with Gasteiger partial charge >= 0.3 is 0 Å². The lowest BCUT2D eigenvalue weighted by Crippen LogP contribution is -1.97. The summed E-state index contributed by atoms with van der Waals surface area (Å²) in [5.41, 5.74) is 1.70. The van der Waals surface area contributed by atoms with Gasteiger partial charge in [-0.1, -0.05) is 18.2 Å². The fourth-order valence-corrected chi connectivity index (χ4v) is 1.38. The van der Waals surface area contributed by atoms with E-state index >= 15 is 0 Å². The van der Waals surface area contributed by atoms with E-state index in [4.69, 9.17) is 0 Å². The van der Waals surface area contributed by atoms with Crippen LogP contribution < -0.4 is 0 Å². The van der Waals surface area contributed by atoms with Crippen LogP contribution in [0.4, 0.5) is 0 Å². The molecule has 0 unspecified atom stereocenters. The first kappa shape index (κ1) is 7.32. The molecule has 2 heterocycles. The Morgan fingerprint density at radius 3 is 2.79 bits per heavy atom. The molecule has 0 saturated carbocycles. The first-order valence-corrected chi connectivity index (χ1v) is 4.28. The number of fused-ring (bicyclic) bond motifs is 1. The number of allylic oxidation sites excluding steroid dienone is 4. The molecule has 0 aromatic rings. The largest absolute Gasteiger partial charge is 0.427 e. The van der Waals surface area contributed by atoms with E-state index in [1.54, 1.807) is 6.07 Å². The number of hydrogen-bond donors (Lipinski definition) is 1. The van der Waals surface area contributed by atoms with Gasteiger partial charge in [-0.25, -0.2) is 9.97 Å². The van der Waals surface area contributed by atoms with Gasteiger partial charge in [0.15, 0.2) is 11.6 Å². The van der Waals surface area contributed by atoms with Crippen molar-refractivity contribution in [3.8, 4) is 11.5 Å². The number of imidazole rings is 1. The van der Waals surface area contributed by atoms with E-state index in [0.717, 1.165) is 10.3 Å². The molecule has 0 atom stereocenters. The van der Waals surface area contributed by atoms with Crippen LogP contribution in [-0.2, 0) is 0 Å². The van der Waals surface area contributed by atoms with Crippen molar-refractivity contribution in [2.24, 2.45) is 0 Å². The second-order valence-corrected chi connectivity index (χ2v) is 3.09. The highest BCUT2D eigenvalue weighted by Crippen LogP contribution is 2.24. The number of aromatic nitrogens is 3. The average molecular weight is 185 g/mol. The minimum Gasteiger partial charge on any atom is -0.427 e. The molecule has 0 aromatic heterocycles. The van der Waals surface area contributed by atoms with E-state index < -0.39 is 0 Å². The molecule has 68 valence electrons. The third kappa shape index (κ3) is 0.877. The van der Waals surface area contributed by atoms with Gasteiger partial charge in [-0.2, -0.15) is 4.73 Å². The maximum absolute atomic E-state index is 9.43. The van der Waals surface area contributed by atoms with Gasteiger partial charge in [0.1, 0.15) is 5.69 Å². The van der Waals surface area contributed by atoms with Crippen LogP contribution in [0, 0.1) is 0 Å². The normalized spacial score (nSPS) is 14.1. The third-order valence-electron chi connectivity index (χ3n) is 2.18. The number of rotatable bonds is 1. The molecule has 0 fully saturated rings. The van der Waals surface area contributed by atoms with Crippen LogP contribution in [0.5, 0.6) is 0 Å². The summed E-state index contributed by atoms with van der Waals surface area (Å²) in [6.45, 7) is 0. The zero-order valence-electron chi connectivity index (χ0n) is 7.25. The third-order valence-corrected chi connectivity index (χ3v) is 2.18. The van der Waals surface area contributed by atoms with Crippen molar-refractivity contribution in [3.63, 3.8) is 0 Å². The van der Waals surface area contributed by atoms with E-state index in [2.05, 4.69) is 9.97 Å². The fraction of sp³-hybridized carbons (Fsp3) is 0. The Balaban J connectivity index is 2.20. The van der Waals surface area contributed by atoms with Crippen LogP contribution in [0.1, 0.15) is 5.82 Å². The van der Waals surface area contributed by atoms with Gasteiger partial charge in [-0.3, -0.25) is 0 Å². The van der Waals surface area contributed by atoms with Crippen molar-refractivity contribution in [1.29, 1.82) is 0 Å². The van der Waals surface area contributed by atoms with Crippen LogP contribution in [0.25, 0.3) is 17.1 Å². The van der Waals surface area contributed by atoms with Gasteiger partial charge in [-0.15, -0.1) is 0 Å². The molecule has 2 aliphatic heterocycles. The minimum absolute atomic E-state index is 0.490. The summed E-state index contributed by atoms with van der Waals surface area (Å²) in [4.78, 5) is 8.50. The highest BCUT2D eigenvalue weighted by molar-refractivity contribution is 5.79. The van der Waals surface area contributed by atoms with E-state index in [0.29, 0.717) is 17.3 Å². The maximum atomic E-state index is 9.43. The maximum Gasteiger partial charge on any atom is 0.195 e. The van der Waals surface area contributed by atoms with Crippen LogP contribution in [0.2, 0.25) is 0 Å². The van der Waals surface area contributed by atoms with Crippen molar-refractivity contribution in [2.45, 2.75) is 0 Å². The van der Waals surface area contributed by atoms with Crippen LogP contribution >= 0.6 is 0 Å². The molecule has 4 nitrogen and oxygen atoms in total. The molecule has 0 spiro atoms. The molecule has 3 rings (SSSR count). The first-order chi connectivity index (χ1) is 6.84. The SMILES string of the molecule is On1cccc2nc(C3=CC=C3)nc1-2. The summed E-state index contributed by atoms with van der Waals surface area (Å²) in [5, 5.41) is 9.43. The summed E-state index contributed by atoms with van der Waals surface area (Å²) in [5.74, 6) is 1.15. The van der Waals surface area contributed by atoms with Crippen molar-refractivity contribution >= 4 is 5.57 Å². The highest BCUT2D eigenvalue weighted by Gasteiger charge is 2.16. The summed E-state index contributed by atoms with van der Waals surface area (Å²) in [7, 11) is 0. The number of nitrogens with zero attached hydrogens (tertiary/aromatic N) is 3. The molecule has 0 bridgehead atoms. The first-order valence-electron chi connectivity index (χ1n) is 4.28. The van der Waals surface area contributed by atoms with Crippen molar-refractivity contribution in [2.75, 3.05) is 0 Å². The summed E-state index contributed by atoms with van der Waals surface area (Å²) >= 11 is 0. The molecule has 3 aliphatic rings. The molecule has 0 saturated heterocycles. The lowest BCUT2D eigenvalue weighted by molar-refractivity contribution is 0.186. The van der Waals surface area contributed by atoms with Crippen molar-refractivity contribution in [3.05, 3.63) is 42.4 Å². The van der Waals surface area contributed by atoms with Crippen LogP contribution in [0.3, 0.4) is 0 Å². The quantitative estimate of drug-likeness (QED) is 0.686. The van der Waals surface area contributed by atoms with E-state index in [-0.39, 0.29) is 0 Å². The Morgan fingerprint density at radius 1 is 1.29 bits per heavy atom.